The van der Waals surface area contributed by atoms with E-state index < -0.39 is 23.9 Å². The van der Waals surface area contributed by atoms with Crippen LogP contribution in [0.2, 0.25) is 0 Å². The van der Waals surface area contributed by atoms with E-state index in [1.807, 2.05) is 0 Å². The number of halogens is 3. The number of rotatable bonds is 4. The lowest BCUT2D eigenvalue weighted by Gasteiger charge is -2.13. The van der Waals surface area contributed by atoms with E-state index in [9.17, 15) is 18.0 Å². The van der Waals surface area contributed by atoms with Gasteiger partial charge >= 0.3 is 12.1 Å². The minimum atomic E-state index is -4.58. The van der Waals surface area contributed by atoms with Gasteiger partial charge in [0.15, 0.2) is 0 Å². The van der Waals surface area contributed by atoms with Crippen molar-refractivity contribution in [2.75, 3.05) is 5.32 Å². The van der Waals surface area contributed by atoms with Crippen LogP contribution in [0.4, 0.5) is 19.1 Å². The highest BCUT2D eigenvalue weighted by atomic mass is 19.4. The van der Waals surface area contributed by atoms with Crippen LogP contribution in [0.5, 0.6) is 0 Å². The molecule has 8 heteroatoms. The first kappa shape index (κ1) is 13.2. The van der Waals surface area contributed by atoms with Crippen molar-refractivity contribution in [3.8, 4) is 0 Å². The Balaban J connectivity index is 2.89. The van der Waals surface area contributed by atoms with Gasteiger partial charge in [-0.2, -0.15) is 13.2 Å². The average Bonchev–Trinajstić information content (AvgIpc) is 2.24. The smallest absolute Gasteiger partial charge is 0.433 e. The number of nitrogens with one attached hydrogen (secondary N) is 1. The van der Waals surface area contributed by atoms with E-state index in [4.69, 9.17) is 5.11 Å². The maximum absolute atomic E-state index is 12.3. The number of aliphatic carboxylic acids is 1. The number of carbonyl (C=O) groups is 1. The van der Waals surface area contributed by atoms with Crippen molar-refractivity contribution in [3.63, 3.8) is 0 Å². The third-order valence-electron chi connectivity index (χ3n) is 1.96. The zero-order valence-electron chi connectivity index (χ0n) is 8.82. The minimum absolute atomic E-state index is 0.203. The molecule has 5 nitrogen and oxygen atoms in total. The van der Waals surface area contributed by atoms with Crippen molar-refractivity contribution in [1.82, 2.24) is 9.97 Å². The Labute approximate surface area is 94.7 Å². The molecule has 2 N–H and O–H groups in total. The highest BCUT2D eigenvalue weighted by Crippen LogP contribution is 2.27. The van der Waals surface area contributed by atoms with Gasteiger partial charge < -0.3 is 10.4 Å². The lowest BCUT2D eigenvalue weighted by Crippen LogP contribution is -2.29. The third-order valence-corrected chi connectivity index (χ3v) is 1.96. The van der Waals surface area contributed by atoms with E-state index >= 15 is 0 Å². The van der Waals surface area contributed by atoms with Gasteiger partial charge in [-0.25, -0.2) is 14.8 Å². The van der Waals surface area contributed by atoms with Gasteiger partial charge in [0, 0.05) is 6.20 Å². The van der Waals surface area contributed by atoms with Gasteiger partial charge in [-0.3, -0.25) is 0 Å². The quantitative estimate of drug-likeness (QED) is 0.850. The highest BCUT2D eigenvalue weighted by molar-refractivity contribution is 5.76. The largest absolute Gasteiger partial charge is 0.480 e. The van der Waals surface area contributed by atoms with E-state index in [1.165, 1.54) is 0 Å². The second-order valence-corrected chi connectivity index (χ2v) is 3.21. The predicted octanol–water partition coefficient (Wildman–Crippen LogP) is 1.77. The van der Waals surface area contributed by atoms with E-state index in [1.54, 1.807) is 6.92 Å². The first-order valence-corrected chi connectivity index (χ1v) is 4.74. The van der Waals surface area contributed by atoms with Gasteiger partial charge in [0.2, 0.25) is 5.95 Å². The number of hydrogen-bond donors (Lipinski definition) is 2. The molecule has 1 aromatic heterocycles. The Bertz CT molecular complexity index is 409. The number of carboxylic acid groups (broad SMARTS) is 1. The van der Waals surface area contributed by atoms with Gasteiger partial charge in [0.05, 0.1) is 0 Å². The molecule has 0 radical (unpaired) electrons. The fourth-order valence-electron chi connectivity index (χ4n) is 1.08. The lowest BCUT2D eigenvalue weighted by atomic mass is 10.2. The summed E-state index contributed by atoms with van der Waals surface area (Å²) in [6.07, 6.45) is -3.45. The molecule has 0 aliphatic carbocycles. The molecular weight excluding hydrogens is 239 g/mol. The summed E-state index contributed by atoms with van der Waals surface area (Å²) >= 11 is 0. The molecule has 0 aliphatic rings. The van der Waals surface area contributed by atoms with Crippen LogP contribution in [-0.2, 0) is 11.0 Å². The summed E-state index contributed by atoms with van der Waals surface area (Å²) in [6.45, 7) is 1.58. The third kappa shape index (κ3) is 3.58. The van der Waals surface area contributed by atoms with Crippen molar-refractivity contribution in [2.24, 2.45) is 0 Å². The molecule has 0 bridgehead atoms. The maximum Gasteiger partial charge on any atom is 0.433 e. The second kappa shape index (κ2) is 4.98. The molecule has 1 unspecified atom stereocenters. The van der Waals surface area contributed by atoms with Crippen LogP contribution in [0.25, 0.3) is 0 Å². The van der Waals surface area contributed by atoms with Crippen molar-refractivity contribution < 1.29 is 23.1 Å². The molecule has 0 saturated carbocycles. The van der Waals surface area contributed by atoms with Gasteiger partial charge in [-0.1, -0.05) is 6.92 Å². The standard InChI is InChI=1S/C9H10F3N3O2/c1-2-5(7(16)17)14-8-13-4-3-6(15-8)9(10,11)12/h3-5H,2H2,1H3,(H,16,17)(H,13,14,15). The first-order valence-electron chi connectivity index (χ1n) is 4.74. The van der Waals surface area contributed by atoms with Crippen LogP contribution >= 0.6 is 0 Å². The molecule has 94 valence electrons. The van der Waals surface area contributed by atoms with Crippen molar-refractivity contribution in [2.45, 2.75) is 25.6 Å². The molecule has 1 atom stereocenters. The number of nitrogens with zero attached hydrogens (tertiary/aromatic N) is 2. The summed E-state index contributed by atoms with van der Waals surface area (Å²) in [5, 5.41) is 11.0. The molecular formula is C9H10F3N3O2. The molecule has 0 aromatic carbocycles. The first-order chi connectivity index (χ1) is 7.84. The lowest BCUT2D eigenvalue weighted by molar-refractivity contribution is -0.141. The monoisotopic (exact) mass is 249 g/mol. The summed E-state index contributed by atoms with van der Waals surface area (Å²) in [7, 11) is 0. The Morgan fingerprint density at radius 2 is 2.24 bits per heavy atom. The summed E-state index contributed by atoms with van der Waals surface area (Å²) in [4.78, 5) is 17.4. The summed E-state index contributed by atoms with van der Waals surface area (Å²) in [5.41, 5.74) is -1.12. The van der Waals surface area contributed by atoms with Crippen LogP contribution in [0.15, 0.2) is 12.3 Å². The molecule has 17 heavy (non-hydrogen) atoms. The molecule has 0 spiro atoms. The Kier molecular flexibility index (Phi) is 3.87. The molecule has 0 amide bonds. The van der Waals surface area contributed by atoms with Crippen molar-refractivity contribution in [3.05, 3.63) is 18.0 Å². The fraction of sp³-hybridized carbons (Fsp3) is 0.444. The van der Waals surface area contributed by atoms with Gasteiger partial charge in [0.25, 0.3) is 0 Å². The SMILES string of the molecule is CCC(Nc1nccc(C(F)(F)F)n1)C(=O)O. The van der Waals surface area contributed by atoms with E-state index in [2.05, 4.69) is 15.3 Å². The molecule has 1 heterocycles. The molecule has 0 saturated heterocycles. The average molecular weight is 249 g/mol. The molecule has 0 aliphatic heterocycles. The minimum Gasteiger partial charge on any atom is -0.480 e. The second-order valence-electron chi connectivity index (χ2n) is 3.21. The summed E-state index contributed by atoms with van der Waals surface area (Å²) in [5.74, 6) is -1.53. The number of hydrogen-bond acceptors (Lipinski definition) is 4. The van der Waals surface area contributed by atoms with Crippen molar-refractivity contribution >= 4 is 11.9 Å². The van der Waals surface area contributed by atoms with Crippen LogP contribution in [-0.4, -0.2) is 27.1 Å². The number of anilines is 1. The number of aromatic nitrogens is 2. The van der Waals surface area contributed by atoms with E-state index in [0.717, 1.165) is 6.20 Å². The van der Waals surface area contributed by atoms with E-state index in [0.29, 0.717) is 6.07 Å². The van der Waals surface area contributed by atoms with Crippen molar-refractivity contribution in [1.29, 1.82) is 0 Å². The Hall–Kier alpha value is -1.86. The van der Waals surface area contributed by atoms with Crippen LogP contribution in [0.1, 0.15) is 19.0 Å². The fourth-order valence-corrected chi connectivity index (χ4v) is 1.08. The highest BCUT2D eigenvalue weighted by Gasteiger charge is 2.33. The molecule has 1 aromatic rings. The number of alkyl halides is 3. The summed E-state index contributed by atoms with van der Waals surface area (Å²) in [6, 6.07) is -0.300. The Morgan fingerprint density at radius 1 is 1.59 bits per heavy atom. The zero-order chi connectivity index (χ0) is 13.1. The molecule has 1 rings (SSSR count). The van der Waals surface area contributed by atoms with Crippen LogP contribution < -0.4 is 5.32 Å². The number of carboxylic acids is 1. The van der Waals surface area contributed by atoms with Crippen LogP contribution in [0, 0.1) is 0 Å². The zero-order valence-corrected chi connectivity index (χ0v) is 8.82. The van der Waals surface area contributed by atoms with E-state index in [-0.39, 0.29) is 12.4 Å². The topological polar surface area (TPSA) is 75.1 Å². The summed E-state index contributed by atoms with van der Waals surface area (Å²) < 4.78 is 36.9. The van der Waals surface area contributed by atoms with Gasteiger partial charge in [-0.05, 0) is 12.5 Å². The van der Waals surface area contributed by atoms with Crippen LogP contribution in [0.3, 0.4) is 0 Å². The van der Waals surface area contributed by atoms with Gasteiger partial charge in [-0.15, -0.1) is 0 Å². The predicted molar refractivity (Wildman–Crippen MR) is 52.4 cm³/mol. The normalized spacial score (nSPS) is 13.2. The van der Waals surface area contributed by atoms with Gasteiger partial charge in [0.1, 0.15) is 11.7 Å². The maximum atomic E-state index is 12.3. The Morgan fingerprint density at radius 3 is 2.71 bits per heavy atom. The molecule has 0 fully saturated rings.